The van der Waals surface area contributed by atoms with Crippen molar-refractivity contribution >= 4 is 18.3 Å². The van der Waals surface area contributed by atoms with E-state index in [0.717, 1.165) is 39.1 Å². The van der Waals surface area contributed by atoms with Gasteiger partial charge in [0.25, 0.3) is 0 Å². The molecule has 0 aromatic heterocycles. The third-order valence-corrected chi connectivity index (χ3v) is 3.70. The van der Waals surface area contributed by atoms with Crippen molar-refractivity contribution in [3.8, 4) is 0 Å². The van der Waals surface area contributed by atoms with Crippen LogP contribution in [0.4, 0.5) is 0 Å². The summed E-state index contributed by atoms with van der Waals surface area (Å²) in [5.74, 6) is 0.836. The molecule has 1 amide bonds. The Morgan fingerprint density at radius 1 is 1.37 bits per heavy atom. The van der Waals surface area contributed by atoms with Gasteiger partial charge in [-0.25, -0.2) is 0 Å². The average Bonchev–Trinajstić information content (AvgIpc) is 2.37. The summed E-state index contributed by atoms with van der Waals surface area (Å²) in [6.07, 6.45) is 3.33. The molecular weight excluding hydrogens is 262 g/mol. The number of nitrogens with one attached hydrogen (secondary N) is 2. The Hall–Kier alpha value is -0.320. The monoisotopic (exact) mass is 291 g/mol. The van der Waals surface area contributed by atoms with Gasteiger partial charge in [-0.15, -0.1) is 12.4 Å². The lowest BCUT2D eigenvalue weighted by molar-refractivity contribution is -0.124. The van der Waals surface area contributed by atoms with E-state index in [4.69, 9.17) is 0 Å². The Balaban J connectivity index is 0.00000324. The van der Waals surface area contributed by atoms with Crippen molar-refractivity contribution in [1.29, 1.82) is 0 Å². The van der Waals surface area contributed by atoms with Crippen LogP contribution < -0.4 is 10.6 Å². The molecule has 1 heterocycles. The molecule has 1 saturated heterocycles. The van der Waals surface area contributed by atoms with Gasteiger partial charge in [0.2, 0.25) is 5.91 Å². The Bertz CT molecular complexity index is 251. The van der Waals surface area contributed by atoms with Crippen molar-refractivity contribution in [2.45, 2.75) is 46.1 Å². The molecule has 0 aromatic rings. The molecule has 0 aliphatic carbocycles. The van der Waals surface area contributed by atoms with Gasteiger partial charge in [-0.05, 0) is 44.8 Å². The van der Waals surface area contributed by atoms with Crippen LogP contribution in [0.1, 0.15) is 40.0 Å². The van der Waals surface area contributed by atoms with Gasteiger partial charge in [0.1, 0.15) is 0 Å². The molecule has 19 heavy (non-hydrogen) atoms. The quantitative estimate of drug-likeness (QED) is 0.750. The van der Waals surface area contributed by atoms with Gasteiger partial charge in [0, 0.05) is 13.1 Å². The molecule has 1 aliphatic heterocycles. The second-order valence-corrected chi connectivity index (χ2v) is 5.36. The van der Waals surface area contributed by atoms with E-state index in [2.05, 4.69) is 36.3 Å². The molecule has 1 aliphatic rings. The van der Waals surface area contributed by atoms with Gasteiger partial charge in [-0.3, -0.25) is 4.79 Å². The van der Waals surface area contributed by atoms with Crippen LogP contribution >= 0.6 is 12.4 Å². The Kier molecular flexibility index (Phi) is 10.3. The highest BCUT2D eigenvalue weighted by Crippen LogP contribution is 2.14. The van der Waals surface area contributed by atoms with Crippen LogP contribution in [-0.2, 0) is 4.79 Å². The van der Waals surface area contributed by atoms with Gasteiger partial charge in [-0.1, -0.05) is 20.8 Å². The number of hydrogen-bond donors (Lipinski definition) is 2. The van der Waals surface area contributed by atoms with Crippen LogP contribution in [0.5, 0.6) is 0 Å². The summed E-state index contributed by atoms with van der Waals surface area (Å²) in [5, 5.41) is 6.35. The lowest BCUT2D eigenvalue weighted by Gasteiger charge is -2.27. The highest BCUT2D eigenvalue weighted by Gasteiger charge is 2.23. The van der Waals surface area contributed by atoms with Gasteiger partial charge in [0.05, 0.1) is 6.04 Å². The SMILES string of the molecule is CCCN(CC)CCNC(=O)C1CC(C)CCN1.Cl. The van der Waals surface area contributed by atoms with Crippen molar-refractivity contribution in [2.24, 2.45) is 5.92 Å². The number of carbonyl (C=O) groups is 1. The number of likely N-dealkylation sites (N-methyl/N-ethyl adjacent to an activating group) is 1. The molecule has 0 aromatic carbocycles. The van der Waals surface area contributed by atoms with Crippen molar-refractivity contribution in [1.82, 2.24) is 15.5 Å². The highest BCUT2D eigenvalue weighted by atomic mass is 35.5. The van der Waals surface area contributed by atoms with Gasteiger partial charge in [0.15, 0.2) is 0 Å². The van der Waals surface area contributed by atoms with Crippen LogP contribution in [-0.4, -0.2) is 49.6 Å². The zero-order valence-corrected chi connectivity index (χ0v) is 13.4. The summed E-state index contributed by atoms with van der Waals surface area (Å²) in [4.78, 5) is 14.4. The largest absolute Gasteiger partial charge is 0.353 e. The van der Waals surface area contributed by atoms with Crippen LogP contribution in [0.25, 0.3) is 0 Å². The lowest BCUT2D eigenvalue weighted by atomic mass is 9.94. The molecule has 0 spiro atoms. The predicted molar refractivity (Wildman–Crippen MR) is 82.9 cm³/mol. The van der Waals surface area contributed by atoms with Crippen molar-refractivity contribution in [2.75, 3.05) is 32.7 Å². The van der Waals surface area contributed by atoms with E-state index in [1.54, 1.807) is 0 Å². The zero-order valence-electron chi connectivity index (χ0n) is 12.6. The molecule has 0 saturated carbocycles. The van der Waals surface area contributed by atoms with E-state index in [1.165, 1.54) is 12.8 Å². The average molecular weight is 292 g/mol. The topological polar surface area (TPSA) is 44.4 Å². The summed E-state index contributed by atoms with van der Waals surface area (Å²) in [5.41, 5.74) is 0. The normalized spacial score (nSPS) is 22.9. The minimum absolute atomic E-state index is 0. The smallest absolute Gasteiger partial charge is 0.237 e. The maximum Gasteiger partial charge on any atom is 0.237 e. The number of nitrogens with zero attached hydrogens (tertiary/aromatic N) is 1. The number of carbonyl (C=O) groups excluding carboxylic acids is 1. The minimum Gasteiger partial charge on any atom is -0.353 e. The highest BCUT2D eigenvalue weighted by molar-refractivity contribution is 5.85. The molecule has 0 bridgehead atoms. The van der Waals surface area contributed by atoms with Crippen molar-refractivity contribution in [3.05, 3.63) is 0 Å². The number of piperidine rings is 1. The fraction of sp³-hybridized carbons (Fsp3) is 0.929. The first-order valence-corrected chi connectivity index (χ1v) is 7.40. The second-order valence-electron chi connectivity index (χ2n) is 5.36. The van der Waals surface area contributed by atoms with Crippen LogP contribution in [0.15, 0.2) is 0 Å². The summed E-state index contributed by atoms with van der Waals surface area (Å²) in [6, 6.07) is 0.0231. The number of amides is 1. The molecule has 5 heteroatoms. The first-order valence-electron chi connectivity index (χ1n) is 7.40. The molecule has 0 radical (unpaired) electrons. The first kappa shape index (κ1) is 18.7. The zero-order chi connectivity index (χ0) is 13.4. The van der Waals surface area contributed by atoms with E-state index >= 15 is 0 Å². The number of halogens is 1. The lowest BCUT2D eigenvalue weighted by Crippen LogP contribution is -2.49. The molecule has 2 atom stereocenters. The predicted octanol–water partition coefficient (Wildman–Crippen LogP) is 1.64. The third kappa shape index (κ3) is 7.14. The second kappa shape index (κ2) is 10.5. The summed E-state index contributed by atoms with van der Waals surface area (Å²) in [7, 11) is 0. The summed E-state index contributed by atoms with van der Waals surface area (Å²) >= 11 is 0. The Morgan fingerprint density at radius 2 is 2.11 bits per heavy atom. The molecule has 1 fully saturated rings. The van der Waals surface area contributed by atoms with E-state index in [9.17, 15) is 4.79 Å². The van der Waals surface area contributed by atoms with E-state index < -0.39 is 0 Å². The van der Waals surface area contributed by atoms with Crippen LogP contribution in [0.3, 0.4) is 0 Å². The minimum atomic E-state index is 0. The van der Waals surface area contributed by atoms with Crippen molar-refractivity contribution in [3.63, 3.8) is 0 Å². The molecule has 4 nitrogen and oxygen atoms in total. The standard InChI is InChI=1S/C14H29N3O.ClH/c1-4-9-17(5-2)10-8-16-14(18)13-11-12(3)6-7-15-13;/h12-13,15H,4-11H2,1-3H3,(H,16,18);1H. The number of rotatable bonds is 7. The summed E-state index contributed by atoms with van der Waals surface area (Å²) < 4.78 is 0. The molecule has 114 valence electrons. The van der Waals surface area contributed by atoms with Crippen LogP contribution in [0, 0.1) is 5.92 Å². The van der Waals surface area contributed by atoms with E-state index in [0.29, 0.717) is 5.92 Å². The van der Waals surface area contributed by atoms with Gasteiger partial charge in [-0.2, -0.15) is 0 Å². The van der Waals surface area contributed by atoms with E-state index in [-0.39, 0.29) is 24.4 Å². The Morgan fingerprint density at radius 3 is 2.68 bits per heavy atom. The molecule has 2 unspecified atom stereocenters. The molecular formula is C14H30ClN3O. The van der Waals surface area contributed by atoms with Crippen molar-refractivity contribution < 1.29 is 4.79 Å². The molecule has 1 rings (SSSR count). The maximum absolute atomic E-state index is 12.0. The fourth-order valence-corrected chi connectivity index (χ4v) is 2.51. The van der Waals surface area contributed by atoms with Crippen LogP contribution in [0.2, 0.25) is 0 Å². The third-order valence-electron chi connectivity index (χ3n) is 3.70. The maximum atomic E-state index is 12.0. The van der Waals surface area contributed by atoms with Gasteiger partial charge < -0.3 is 15.5 Å². The first-order chi connectivity index (χ1) is 8.67. The number of hydrogen-bond acceptors (Lipinski definition) is 3. The Labute approximate surface area is 124 Å². The van der Waals surface area contributed by atoms with Gasteiger partial charge >= 0.3 is 0 Å². The molecule has 2 N–H and O–H groups in total. The fourth-order valence-electron chi connectivity index (χ4n) is 2.51. The summed E-state index contributed by atoms with van der Waals surface area (Å²) in [6.45, 7) is 11.4. The van der Waals surface area contributed by atoms with E-state index in [1.807, 2.05) is 0 Å².